The minimum atomic E-state index is -1.67. The number of aryl methyl sites for hydroxylation is 1. The van der Waals surface area contributed by atoms with E-state index >= 15 is 0 Å². The number of aliphatic carboxylic acids is 1. The average Bonchev–Trinajstić information content (AvgIpc) is 2.97. The first-order valence-electron chi connectivity index (χ1n) is 7.35. The van der Waals surface area contributed by atoms with Crippen molar-refractivity contribution in [2.24, 2.45) is 7.05 Å². The maximum Gasteiger partial charge on any atom is 0.395 e. The number of carbonyl (C=O) groups is 3. The minimum absolute atomic E-state index is 0.00115. The number of aromatic carboxylic acids is 1. The van der Waals surface area contributed by atoms with Crippen molar-refractivity contribution < 1.29 is 24.6 Å². The monoisotopic (exact) mass is 338 g/mol. The Bertz CT molecular complexity index is 1010. The number of anilines is 2. The molecule has 1 aromatic heterocycles. The largest absolute Gasteiger partial charge is 0.478 e. The van der Waals surface area contributed by atoms with E-state index < -0.39 is 17.8 Å². The number of carboxylic acids is 2. The van der Waals surface area contributed by atoms with Crippen LogP contribution in [0.1, 0.15) is 10.4 Å². The molecule has 126 valence electrons. The molecule has 0 unspecified atom stereocenters. The van der Waals surface area contributed by atoms with Gasteiger partial charge < -0.3 is 14.8 Å². The van der Waals surface area contributed by atoms with Gasteiger partial charge in [-0.3, -0.25) is 9.69 Å². The molecule has 0 aliphatic carbocycles. The van der Waals surface area contributed by atoms with Crippen molar-refractivity contribution in [3.8, 4) is 0 Å². The third-order valence-electron chi connectivity index (χ3n) is 3.91. The van der Waals surface area contributed by atoms with E-state index in [-0.39, 0.29) is 11.3 Å². The van der Waals surface area contributed by atoms with Gasteiger partial charge in [-0.1, -0.05) is 18.2 Å². The molecule has 0 fully saturated rings. The highest BCUT2D eigenvalue weighted by atomic mass is 16.4. The topological polar surface area (TPSA) is 99.8 Å². The summed E-state index contributed by atoms with van der Waals surface area (Å²) in [6.07, 6.45) is 1.78. The zero-order valence-corrected chi connectivity index (χ0v) is 13.2. The van der Waals surface area contributed by atoms with Crippen molar-refractivity contribution >= 4 is 40.1 Å². The predicted octanol–water partition coefficient (Wildman–Crippen LogP) is 2.63. The van der Waals surface area contributed by atoms with Crippen LogP contribution >= 0.6 is 0 Å². The number of hydrogen-bond donors (Lipinski definition) is 2. The van der Waals surface area contributed by atoms with E-state index in [4.69, 9.17) is 0 Å². The predicted molar refractivity (Wildman–Crippen MR) is 91.1 cm³/mol. The molecule has 0 bridgehead atoms. The standard InChI is InChI=1S/C18H14N2O5/c1-19-10-9-11-13(19)7-4-8-14(11)20(16(21)18(24)25)15-6-3-2-5-12(15)17(22)23/h2-10H,1H3,(H,22,23)(H,24,25). The van der Waals surface area contributed by atoms with Crippen LogP contribution in [-0.2, 0) is 16.6 Å². The fourth-order valence-corrected chi connectivity index (χ4v) is 2.77. The van der Waals surface area contributed by atoms with Crippen LogP contribution in [0, 0.1) is 0 Å². The first kappa shape index (κ1) is 16.3. The zero-order valence-electron chi connectivity index (χ0n) is 13.2. The molecule has 3 rings (SSSR count). The second-order valence-corrected chi connectivity index (χ2v) is 5.40. The lowest BCUT2D eigenvalue weighted by Gasteiger charge is -2.23. The van der Waals surface area contributed by atoms with Crippen molar-refractivity contribution in [3.63, 3.8) is 0 Å². The van der Waals surface area contributed by atoms with E-state index in [9.17, 15) is 24.6 Å². The number of nitrogens with zero attached hydrogens (tertiary/aromatic N) is 2. The number of aromatic nitrogens is 1. The summed E-state index contributed by atoms with van der Waals surface area (Å²) in [6, 6.07) is 12.6. The van der Waals surface area contributed by atoms with Crippen molar-refractivity contribution in [1.29, 1.82) is 0 Å². The van der Waals surface area contributed by atoms with Crippen LogP contribution in [0.2, 0.25) is 0 Å². The van der Waals surface area contributed by atoms with Gasteiger partial charge in [0.05, 0.1) is 16.9 Å². The van der Waals surface area contributed by atoms with E-state index in [2.05, 4.69) is 0 Å². The molecule has 2 aromatic carbocycles. The van der Waals surface area contributed by atoms with Crippen LogP contribution < -0.4 is 4.90 Å². The Morgan fingerprint density at radius 3 is 2.28 bits per heavy atom. The molecule has 2 N–H and O–H groups in total. The molecule has 1 amide bonds. The highest BCUT2D eigenvalue weighted by Crippen LogP contribution is 2.34. The Labute approximate surface area is 142 Å². The molecule has 3 aromatic rings. The summed E-state index contributed by atoms with van der Waals surface area (Å²) in [5.74, 6) is -4.16. The minimum Gasteiger partial charge on any atom is -0.478 e. The second-order valence-electron chi connectivity index (χ2n) is 5.40. The SMILES string of the molecule is Cn1ccc2c(N(C(=O)C(=O)O)c3ccccc3C(=O)O)cccc21. The summed E-state index contributed by atoms with van der Waals surface area (Å²) >= 11 is 0. The highest BCUT2D eigenvalue weighted by Gasteiger charge is 2.29. The quantitative estimate of drug-likeness (QED) is 0.715. The fraction of sp³-hybridized carbons (Fsp3) is 0.0556. The molecule has 1 heterocycles. The number of fused-ring (bicyclic) bond motifs is 1. The molecule has 0 saturated heterocycles. The number of para-hydroxylation sites is 1. The maximum atomic E-state index is 12.4. The Hall–Kier alpha value is -3.61. The van der Waals surface area contributed by atoms with Crippen LogP contribution in [-0.4, -0.2) is 32.6 Å². The normalized spacial score (nSPS) is 10.6. The van der Waals surface area contributed by atoms with Gasteiger partial charge in [0, 0.05) is 24.1 Å². The molecule has 0 aliphatic rings. The number of carboxylic acid groups (broad SMARTS) is 2. The lowest BCUT2D eigenvalue weighted by atomic mass is 10.1. The number of hydrogen-bond acceptors (Lipinski definition) is 3. The van der Waals surface area contributed by atoms with Gasteiger partial charge in [-0.05, 0) is 30.3 Å². The molecule has 0 radical (unpaired) electrons. The summed E-state index contributed by atoms with van der Waals surface area (Å²) in [5, 5.41) is 19.3. The lowest BCUT2D eigenvalue weighted by Crippen LogP contribution is -2.33. The number of benzene rings is 2. The second kappa shape index (κ2) is 6.12. The van der Waals surface area contributed by atoms with Gasteiger partial charge in [-0.2, -0.15) is 0 Å². The fourth-order valence-electron chi connectivity index (χ4n) is 2.77. The van der Waals surface area contributed by atoms with Crippen LogP contribution in [0.4, 0.5) is 11.4 Å². The molecule has 0 aliphatic heterocycles. The third-order valence-corrected chi connectivity index (χ3v) is 3.91. The lowest BCUT2D eigenvalue weighted by molar-refractivity contribution is -0.148. The van der Waals surface area contributed by atoms with E-state index in [0.717, 1.165) is 10.4 Å². The van der Waals surface area contributed by atoms with Crippen molar-refractivity contribution in [2.45, 2.75) is 0 Å². The van der Waals surface area contributed by atoms with Gasteiger partial charge in [0.2, 0.25) is 0 Å². The van der Waals surface area contributed by atoms with Crippen LogP contribution in [0.5, 0.6) is 0 Å². The third kappa shape index (κ3) is 2.72. The Kier molecular flexibility index (Phi) is 3.98. The van der Waals surface area contributed by atoms with Crippen LogP contribution in [0.15, 0.2) is 54.7 Å². The van der Waals surface area contributed by atoms with E-state index in [1.165, 1.54) is 18.2 Å². The number of amides is 1. The summed E-state index contributed by atoms with van der Waals surface area (Å²) in [5.41, 5.74) is 0.927. The van der Waals surface area contributed by atoms with Gasteiger partial charge in [-0.25, -0.2) is 9.59 Å². The van der Waals surface area contributed by atoms with E-state index in [0.29, 0.717) is 11.1 Å². The van der Waals surface area contributed by atoms with Crippen molar-refractivity contribution in [2.75, 3.05) is 4.90 Å². The van der Waals surface area contributed by atoms with Gasteiger partial charge in [0.15, 0.2) is 0 Å². The molecular formula is C18H14N2O5. The molecule has 0 saturated carbocycles. The van der Waals surface area contributed by atoms with E-state index in [1.54, 1.807) is 30.5 Å². The van der Waals surface area contributed by atoms with Gasteiger partial charge >= 0.3 is 17.8 Å². The van der Waals surface area contributed by atoms with Crippen LogP contribution in [0.3, 0.4) is 0 Å². The van der Waals surface area contributed by atoms with E-state index in [1.807, 2.05) is 17.7 Å². The molecule has 7 heteroatoms. The summed E-state index contributed by atoms with van der Waals surface area (Å²) < 4.78 is 1.82. The summed E-state index contributed by atoms with van der Waals surface area (Å²) in [4.78, 5) is 36.2. The summed E-state index contributed by atoms with van der Waals surface area (Å²) in [7, 11) is 1.82. The zero-order chi connectivity index (χ0) is 18.1. The molecule has 0 atom stereocenters. The van der Waals surface area contributed by atoms with Crippen LogP contribution in [0.25, 0.3) is 10.9 Å². The maximum absolute atomic E-state index is 12.4. The Morgan fingerprint density at radius 1 is 0.920 bits per heavy atom. The average molecular weight is 338 g/mol. The molecular weight excluding hydrogens is 324 g/mol. The molecule has 7 nitrogen and oxygen atoms in total. The molecule has 25 heavy (non-hydrogen) atoms. The van der Waals surface area contributed by atoms with Crippen molar-refractivity contribution in [3.05, 3.63) is 60.3 Å². The van der Waals surface area contributed by atoms with Gasteiger partial charge in [0.1, 0.15) is 0 Å². The Morgan fingerprint density at radius 2 is 1.60 bits per heavy atom. The Balaban J connectivity index is 2.32. The first-order valence-corrected chi connectivity index (χ1v) is 7.35. The number of rotatable bonds is 3. The first-order chi connectivity index (χ1) is 11.9. The highest BCUT2D eigenvalue weighted by molar-refractivity contribution is 6.40. The number of carbonyl (C=O) groups excluding carboxylic acids is 1. The molecule has 0 spiro atoms. The van der Waals surface area contributed by atoms with Crippen molar-refractivity contribution in [1.82, 2.24) is 4.57 Å². The summed E-state index contributed by atoms with van der Waals surface area (Å²) in [6.45, 7) is 0. The van der Waals surface area contributed by atoms with Gasteiger partial charge in [0.25, 0.3) is 0 Å². The van der Waals surface area contributed by atoms with Gasteiger partial charge in [-0.15, -0.1) is 0 Å². The smallest absolute Gasteiger partial charge is 0.395 e.